The molecule has 7 nitrogen and oxygen atoms in total. The number of aryl methyl sites for hydroxylation is 1. The molecule has 0 radical (unpaired) electrons. The Kier molecular flexibility index (Phi) is 8.94. The second-order valence-electron chi connectivity index (χ2n) is 10.4. The molecule has 0 spiro atoms. The fourth-order valence-corrected chi connectivity index (χ4v) is 5.34. The number of rotatable bonds is 11. The van der Waals surface area contributed by atoms with Gasteiger partial charge in [-0.3, -0.25) is 0 Å². The van der Waals surface area contributed by atoms with E-state index in [9.17, 15) is 5.11 Å². The average molecular weight is 530 g/mol. The molecule has 0 unspecified atom stereocenters. The van der Waals surface area contributed by atoms with E-state index in [4.69, 9.17) is 19.2 Å². The van der Waals surface area contributed by atoms with Gasteiger partial charge in [0.2, 0.25) is 5.89 Å². The van der Waals surface area contributed by atoms with Gasteiger partial charge >= 0.3 is 0 Å². The molecule has 206 valence electrons. The third-order valence-corrected chi connectivity index (χ3v) is 7.61. The summed E-state index contributed by atoms with van der Waals surface area (Å²) in [5, 5.41) is 21.9. The molecule has 1 aliphatic heterocycles. The summed E-state index contributed by atoms with van der Waals surface area (Å²) in [6, 6.07) is 18.5. The highest BCUT2D eigenvalue weighted by Gasteiger charge is 2.18. The number of aliphatic hydroxyl groups excluding tert-OH is 2. The highest BCUT2D eigenvalue weighted by molar-refractivity contribution is 5.87. The molecular formula is C32H39N3O4. The van der Waals surface area contributed by atoms with Crippen molar-refractivity contribution in [3.8, 4) is 28.3 Å². The molecule has 3 aromatic carbocycles. The van der Waals surface area contributed by atoms with Crippen molar-refractivity contribution in [2.75, 3.05) is 39.4 Å². The van der Waals surface area contributed by atoms with Crippen LogP contribution in [0.3, 0.4) is 0 Å². The van der Waals surface area contributed by atoms with Gasteiger partial charge in [0.05, 0.1) is 19.3 Å². The van der Waals surface area contributed by atoms with Gasteiger partial charge in [0.1, 0.15) is 11.3 Å². The molecule has 0 atom stereocenters. The van der Waals surface area contributed by atoms with Gasteiger partial charge in [-0.05, 0) is 79.6 Å². The lowest BCUT2D eigenvalue weighted by Crippen LogP contribution is -2.36. The Morgan fingerprint density at radius 3 is 2.64 bits per heavy atom. The zero-order valence-electron chi connectivity index (χ0n) is 22.9. The number of nitrogens with zero attached hydrogens (tertiary/aromatic N) is 2. The van der Waals surface area contributed by atoms with Crippen LogP contribution in [0.4, 0.5) is 0 Å². The number of aliphatic hydroxyl groups is 2. The molecule has 7 heteroatoms. The molecule has 1 fully saturated rings. The maximum atomic E-state index is 9.70. The highest BCUT2D eigenvalue weighted by atomic mass is 16.5. The van der Waals surface area contributed by atoms with E-state index in [0.717, 1.165) is 89.1 Å². The van der Waals surface area contributed by atoms with Crippen LogP contribution in [0.5, 0.6) is 5.75 Å². The minimum Gasteiger partial charge on any atom is -0.493 e. The van der Waals surface area contributed by atoms with Gasteiger partial charge < -0.3 is 29.6 Å². The summed E-state index contributed by atoms with van der Waals surface area (Å²) < 4.78 is 12.5. The molecule has 3 N–H and O–H groups in total. The average Bonchev–Trinajstić information content (AvgIpc) is 3.39. The van der Waals surface area contributed by atoms with E-state index in [2.05, 4.69) is 54.4 Å². The predicted octanol–water partition coefficient (Wildman–Crippen LogP) is 5.09. The molecule has 5 rings (SSSR count). The van der Waals surface area contributed by atoms with E-state index in [1.165, 1.54) is 0 Å². The van der Waals surface area contributed by atoms with Gasteiger partial charge in [-0.2, -0.15) is 0 Å². The Balaban J connectivity index is 1.30. The number of likely N-dealkylation sites (tertiary alicyclic amines) is 1. The number of aromatic nitrogens is 1. The lowest BCUT2D eigenvalue weighted by Gasteiger charge is -2.29. The number of ether oxygens (including phenoxy) is 1. The number of nitrogens with one attached hydrogen (secondary N) is 1. The summed E-state index contributed by atoms with van der Waals surface area (Å²) in [5.74, 6) is 1.51. The molecule has 1 aliphatic rings. The lowest BCUT2D eigenvalue weighted by atomic mass is 9.95. The van der Waals surface area contributed by atoms with Crippen LogP contribution in [0.25, 0.3) is 33.7 Å². The highest BCUT2D eigenvalue weighted by Crippen LogP contribution is 2.36. The molecule has 0 saturated carbocycles. The van der Waals surface area contributed by atoms with Crippen molar-refractivity contribution in [1.82, 2.24) is 15.2 Å². The Hall–Kier alpha value is -3.23. The first-order valence-corrected chi connectivity index (χ1v) is 14.0. The van der Waals surface area contributed by atoms with Crippen LogP contribution in [-0.2, 0) is 6.54 Å². The third kappa shape index (κ3) is 6.50. The van der Waals surface area contributed by atoms with Crippen molar-refractivity contribution in [2.45, 2.75) is 45.8 Å². The van der Waals surface area contributed by atoms with E-state index in [-0.39, 0.29) is 12.7 Å². The van der Waals surface area contributed by atoms with Crippen LogP contribution in [0, 0.1) is 13.8 Å². The van der Waals surface area contributed by atoms with Crippen molar-refractivity contribution in [3.63, 3.8) is 0 Å². The minimum absolute atomic E-state index is 0.117. The van der Waals surface area contributed by atoms with Crippen LogP contribution in [0.15, 0.2) is 59.0 Å². The SMILES string of the molecule is Cc1c(OCCCN2CCC(O)CC2)cccc1-c1ccc2nc(-c3cccc(CNCCO)c3)oc2c1C. The van der Waals surface area contributed by atoms with Gasteiger partial charge in [0, 0.05) is 43.9 Å². The summed E-state index contributed by atoms with van der Waals surface area (Å²) in [7, 11) is 0. The summed E-state index contributed by atoms with van der Waals surface area (Å²) >= 11 is 0. The quantitative estimate of drug-likeness (QED) is 0.233. The van der Waals surface area contributed by atoms with Crippen molar-refractivity contribution in [3.05, 3.63) is 71.3 Å². The Morgan fingerprint density at radius 2 is 1.82 bits per heavy atom. The van der Waals surface area contributed by atoms with Crippen LogP contribution < -0.4 is 10.1 Å². The summed E-state index contributed by atoms with van der Waals surface area (Å²) in [4.78, 5) is 7.19. The molecule has 39 heavy (non-hydrogen) atoms. The first kappa shape index (κ1) is 27.3. The van der Waals surface area contributed by atoms with Crippen LogP contribution >= 0.6 is 0 Å². The smallest absolute Gasteiger partial charge is 0.227 e. The largest absolute Gasteiger partial charge is 0.493 e. The van der Waals surface area contributed by atoms with E-state index < -0.39 is 0 Å². The molecule has 1 aromatic heterocycles. The van der Waals surface area contributed by atoms with Crippen LogP contribution in [0.2, 0.25) is 0 Å². The maximum Gasteiger partial charge on any atom is 0.227 e. The number of hydrogen-bond acceptors (Lipinski definition) is 7. The van der Waals surface area contributed by atoms with Crippen molar-refractivity contribution >= 4 is 11.1 Å². The Labute approximate surface area is 230 Å². The topological polar surface area (TPSA) is 91.0 Å². The molecule has 1 saturated heterocycles. The van der Waals surface area contributed by atoms with Gasteiger partial charge in [-0.1, -0.05) is 30.3 Å². The monoisotopic (exact) mass is 529 g/mol. The third-order valence-electron chi connectivity index (χ3n) is 7.61. The van der Waals surface area contributed by atoms with E-state index >= 15 is 0 Å². The zero-order valence-corrected chi connectivity index (χ0v) is 22.9. The van der Waals surface area contributed by atoms with Gasteiger partial charge in [-0.15, -0.1) is 0 Å². The number of benzene rings is 3. The molecule has 4 aromatic rings. The second-order valence-corrected chi connectivity index (χ2v) is 10.4. The Morgan fingerprint density at radius 1 is 1.03 bits per heavy atom. The van der Waals surface area contributed by atoms with Crippen LogP contribution in [-0.4, -0.2) is 65.6 Å². The van der Waals surface area contributed by atoms with Crippen LogP contribution in [0.1, 0.15) is 36.0 Å². The van der Waals surface area contributed by atoms with Crippen molar-refractivity contribution in [1.29, 1.82) is 0 Å². The van der Waals surface area contributed by atoms with Crippen molar-refractivity contribution < 1.29 is 19.4 Å². The fourth-order valence-electron chi connectivity index (χ4n) is 5.34. The predicted molar refractivity (Wildman–Crippen MR) is 155 cm³/mol. The number of piperidine rings is 1. The molecule has 0 bridgehead atoms. The Bertz CT molecular complexity index is 1390. The molecule has 0 amide bonds. The van der Waals surface area contributed by atoms with Gasteiger partial charge in [-0.25, -0.2) is 4.98 Å². The summed E-state index contributed by atoms with van der Waals surface area (Å²) in [6.07, 6.45) is 2.57. The van der Waals surface area contributed by atoms with Gasteiger partial charge in [0.15, 0.2) is 5.58 Å². The standard InChI is InChI=1S/C32H39N3O4/c1-22-27(8-4-9-30(22)38-19-5-15-35-16-12-26(37)13-17-35)28-10-11-29-31(23(28)2)39-32(34-29)25-7-3-6-24(20-25)21-33-14-18-36/h3-4,6-11,20,26,33,36-37H,5,12-19,21H2,1-2H3. The minimum atomic E-state index is -0.134. The molecule has 2 heterocycles. The normalized spacial score (nSPS) is 14.8. The number of hydrogen-bond donors (Lipinski definition) is 3. The molecule has 0 aliphatic carbocycles. The second kappa shape index (κ2) is 12.7. The zero-order chi connectivity index (χ0) is 27.2. The van der Waals surface area contributed by atoms with E-state index in [1.54, 1.807) is 0 Å². The first-order chi connectivity index (χ1) is 19.0. The number of fused-ring (bicyclic) bond motifs is 1. The van der Waals surface area contributed by atoms with Crippen molar-refractivity contribution in [2.24, 2.45) is 0 Å². The summed E-state index contributed by atoms with van der Waals surface area (Å²) in [6.45, 7) is 9.16. The van der Waals surface area contributed by atoms with Gasteiger partial charge in [0.25, 0.3) is 0 Å². The van der Waals surface area contributed by atoms with E-state index in [1.807, 2.05) is 24.3 Å². The fraction of sp³-hybridized carbons (Fsp3) is 0.406. The maximum absolute atomic E-state index is 9.70. The van der Waals surface area contributed by atoms with E-state index in [0.29, 0.717) is 25.6 Å². The lowest BCUT2D eigenvalue weighted by molar-refractivity contribution is 0.0800. The summed E-state index contributed by atoms with van der Waals surface area (Å²) in [5.41, 5.74) is 8.09. The molecular weight excluding hydrogens is 490 g/mol. The first-order valence-electron chi connectivity index (χ1n) is 14.0. The number of oxazole rings is 1.